The first-order valence-electron chi connectivity index (χ1n) is 16.7. The number of hydrogen-bond acceptors (Lipinski definition) is 9. The van der Waals surface area contributed by atoms with Crippen molar-refractivity contribution in [3.63, 3.8) is 0 Å². The van der Waals surface area contributed by atoms with Gasteiger partial charge in [0.1, 0.15) is 19.2 Å². The summed E-state index contributed by atoms with van der Waals surface area (Å²) in [5.41, 5.74) is 7.91. The van der Waals surface area contributed by atoms with Crippen molar-refractivity contribution in [2.75, 3.05) is 19.8 Å². The van der Waals surface area contributed by atoms with Crippen molar-refractivity contribution < 1.29 is 29.3 Å². The van der Waals surface area contributed by atoms with E-state index in [-0.39, 0.29) is 31.3 Å². The van der Waals surface area contributed by atoms with Crippen LogP contribution in [0, 0.1) is 0 Å². The second-order valence-electron chi connectivity index (χ2n) is 11.7. The average molecular weight is 686 g/mol. The van der Waals surface area contributed by atoms with E-state index in [0.29, 0.717) is 6.42 Å². The first-order chi connectivity index (χ1) is 24.9. The third-order valence-corrected chi connectivity index (χ3v) is 8.23. The number of benzene rings is 4. The number of rotatable bonds is 15. The molecule has 262 valence electrons. The average Bonchev–Trinajstić information content (AvgIpc) is 3.48. The zero-order chi connectivity index (χ0) is 36.0. The first kappa shape index (κ1) is 36.1. The van der Waals surface area contributed by atoms with E-state index < -0.39 is 42.6 Å². The highest BCUT2D eigenvalue weighted by molar-refractivity contribution is 6.39. The fraction of sp³-hybridized carbons (Fsp3) is 0.225. The Bertz CT molecular complexity index is 1810. The Morgan fingerprint density at radius 3 is 1.98 bits per heavy atom. The molecule has 0 bridgehead atoms. The van der Waals surface area contributed by atoms with Gasteiger partial charge in [-0.25, -0.2) is 10.2 Å². The molecule has 11 heteroatoms. The summed E-state index contributed by atoms with van der Waals surface area (Å²) in [6, 6.07) is 32.2. The van der Waals surface area contributed by atoms with Crippen molar-refractivity contribution >= 4 is 29.7 Å². The van der Waals surface area contributed by atoms with E-state index in [1.54, 1.807) is 0 Å². The van der Waals surface area contributed by atoms with Crippen LogP contribution in [0.3, 0.4) is 0 Å². The third kappa shape index (κ3) is 9.48. The third-order valence-electron chi connectivity index (χ3n) is 8.23. The predicted molar refractivity (Wildman–Crippen MR) is 193 cm³/mol. The van der Waals surface area contributed by atoms with Gasteiger partial charge in [0.2, 0.25) is 0 Å². The molecular weight excluding hydrogens is 646 g/mol. The summed E-state index contributed by atoms with van der Waals surface area (Å²) in [5, 5.41) is 33.7. The van der Waals surface area contributed by atoms with Crippen LogP contribution in [0.2, 0.25) is 0 Å². The van der Waals surface area contributed by atoms with Gasteiger partial charge < -0.3 is 25.0 Å². The fourth-order valence-electron chi connectivity index (χ4n) is 5.90. The Balaban J connectivity index is 1.38. The molecule has 2 amide bonds. The number of urea groups is 1. The molecule has 0 saturated heterocycles. The summed E-state index contributed by atoms with van der Waals surface area (Å²) in [7, 11) is 0. The first-order valence-corrected chi connectivity index (χ1v) is 16.7. The SMILES string of the molecule is C=CCOC(=O)CN=C([O-])C(=NNC(=O)NC(c1ccccc1)c1ccccc1)[C@H](CCC)N=C([O-])OCC1c2ccccc2-c2ccccc21. The van der Waals surface area contributed by atoms with Gasteiger partial charge in [-0.05, 0) is 39.8 Å². The van der Waals surface area contributed by atoms with Gasteiger partial charge >= 0.3 is 12.0 Å². The van der Waals surface area contributed by atoms with Gasteiger partial charge in [-0.1, -0.05) is 135 Å². The van der Waals surface area contributed by atoms with Crippen LogP contribution in [0.25, 0.3) is 11.1 Å². The monoisotopic (exact) mass is 685 g/mol. The summed E-state index contributed by atoms with van der Waals surface area (Å²) in [6.07, 6.45) is 1.18. The van der Waals surface area contributed by atoms with Crippen LogP contribution in [0.15, 0.2) is 137 Å². The lowest BCUT2D eigenvalue weighted by atomic mass is 9.98. The molecule has 4 aromatic rings. The van der Waals surface area contributed by atoms with Crippen molar-refractivity contribution in [3.8, 4) is 11.1 Å². The number of hydrazone groups is 1. The van der Waals surface area contributed by atoms with Gasteiger partial charge in [-0.15, -0.1) is 0 Å². The van der Waals surface area contributed by atoms with E-state index in [0.717, 1.165) is 33.4 Å². The second kappa shape index (κ2) is 18.0. The van der Waals surface area contributed by atoms with Gasteiger partial charge in [0.05, 0.1) is 17.8 Å². The van der Waals surface area contributed by atoms with Gasteiger partial charge in [0.25, 0.3) is 0 Å². The van der Waals surface area contributed by atoms with Crippen LogP contribution < -0.4 is 21.0 Å². The Hall–Kier alpha value is -6.23. The van der Waals surface area contributed by atoms with E-state index in [1.165, 1.54) is 6.08 Å². The number of nitrogens with one attached hydrogen (secondary N) is 2. The number of aliphatic imine (C=N–C) groups is 2. The summed E-state index contributed by atoms with van der Waals surface area (Å²) in [4.78, 5) is 33.4. The molecule has 0 unspecified atom stereocenters. The number of amides is 2. The highest BCUT2D eigenvalue weighted by Crippen LogP contribution is 2.44. The molecule has 1 aliphatic rings. The molecule has 0 spiro atoms. The van der Waals surface area contributed by atoms with E-state index in [9.17, 15) is 19.8 Å². The number of nitrogens with zero attached hydrogens (tertiary/aromatic N) is 3. The zero-order valence-corrected chi connectivity index (χ0v) is 28.2. The van der Waals surface area contributed by atoms with Crippen LogP contribution in [0.5, 0.6) is 0 Å². The maximum Gasteiger partial charge on any atom is 0.335 e. The summed E-state index contributed by atoms with van der Waals surface area (Å²) < 4.78 is 10.6. The van der Waals surface area contributed by atoms with Gasteiger partial charge in [-0.2, -0.15) is 5.10 Å². The molecule has 51 heavy (non-hydrogen) atoms. The maximum atomic E-state index is 13.4. The number of esters is 1. The molecule has 4 aromatic carbocycles. The molecule has 1 atom stereocenters. The van der Waals surface area contributed by atoms with Crippen LogP contribution in [-0.2, 0) is 14.3 Å². The number of carbonyl (C=O) groups excluding carboxylic acids is 2. The van der Waals surface area contributed by atoms with Gasteiger partial charge in [-0.3, -0.25) is 14.8 Å². The van der Waals surface area contributed by atoms with Gasteiger partial charge in [0, 0.05) is 18.4 Å². The smallest absolute Gasteiger partial charge is 0.335 e. The van der Waals surface area contributed by atoms with Crippen molar-refractivity contribution in [1.82, 2.24) is 10.7 Å². The lowest BCUT2D eigenvalue weighted by Crippen LogP contribution is -2.42. The van der Waals surface area contributed by atoms with E-state index in [4.69, 9.17) is 9.47 Å². The molecular formula is C40H39N5O6-2. The second-order valence-corrected chi connectivity index (χ2v) is 11.7. The highest BCUT2D eigenvalue weighted by atomic mass is 16.6. The number of ether oxygens (including phenoxy) is 2. The van der Waals surface area contributed by atoms with Crippen molar-refractivity contribution in [2.45, 2.75) is 37.8 Å². The van der Waals surface area contributed by atoms with Crippen molar-refractivity contribution in [2.24, 2.45) is 15.1 Å². The molecule has 1 aliphatic carbocycles. The van der Waals surface area contributed by atoms with Crippen LogP contribution in [0.4, 0.5) is 4.79 Å². The Morgan fingerprint density at radius 1 is 0.843 bits per heavy atom. The minimum absolute atomic E-state index is 0.0240. The molecule has 0 fully saturated rings. The number of hydrogen-bond donors (Lipinski definition) is 2. The largest absolute Gasteiger partial charge is 0.858 e. The molecule has 0 aliphatic heterocycles. The van der Waals surface area contributed by atoms with Crippen LogP contribution in [-0.4, -0.2) is 55.5 Å². The normalized spacial score (nSPS) is 13.6. The van der Waals surface area contributed by atoms with Crippen molar-refractivity contribution in [3.05, 3.63) is 144 Å². The molecule has 2 N–H and O–H groups in total. The van der Waals surface area contributed by atoms with E-state index in [1.807, 2.05) is 116 Å². The van der Waals surface area contributed by atoms with Crippen LogP contribution >= 0.6 is 0 Å². The summed E-state index contributed by atoms with van der Waals surface area (Å²) in [5.74, 6) is -1.90. The minimum atomic E-state index is -1.13. The Kier molecular flexibility index (Phi) is 12.7. The van der Waals surface area contributed by atoms with E-state index >= 15 is 0 Å². The number of fused-ring (bicyclic) bond motifs is 3. The topological polar surface area (TPSA) is 160 Å². The molecule has 0 heterocycles. The molecule has 0 saturated carbocycles. The molecule has 11 nitrogen and oxygen atoms in total. The van der Waals surface area contributed by atoms with Gasteiger partial charge in [0.15, 0.2) is 0 Å². The van der Waals surface area contributed by atoms with Crippen molar-refractivity contribution in [1.29, 1.82) is 0 Å². The predicted octanol–water partition coefficient (Wildman–Crippen LogP) is 4.63. The quantitative estimate of drug-likeness (QED) is 0.0610. The minimum Gasteiger partial charge on any atom is -0.858 e. The Morgan fingerprint density at radius 2 is 1.41 bits per heavy atom. The fourth-order valence-corrected chi connectivity index (χ4v) is 5.90. The maximum absolute atomic E-state index is 13.4. The highest BCUT2D eigenvalue weighted by Gasteiger charge is 2.27. The lowest BCUT2D eigenvalue weighted by molar-refractivity contribution is -0.251. The van der Waals surface area contributed by atoms with Crippen LogP contribution in [0.1, 0.15) is 54.0 Å². The molecule has 0 radical (unpaired) electrons. The zero-order valence-electron chi connectivity index (χ0n) is 28.2. The Labute approximate surface area is 297 Å². The molecule has 0 aromatic heterocycles. The summed E-state index contributed by atoms with van der Waals surface area (Å²) >= 11 is 0. The molecule has 5 rings (SSSR count). The lowest BCUT2D eigenvalue weighted by Gasteiger charge is -2.25. The standard InChI is InChI=1S/C40H41N5O6/c1-3-15-34(42-40(49)51-26-33-31-22-13-11-20-29(31)30-21-12-14-23-32(30)33)37(38(47)41-25-35(46)50-24-4-2)44-45-39(48)43-36(27-16-7-5-8-17-27)28-18-9-6-10-19-28/h4-14,16-23,33-34,36H,2-3,15,24-26H2,1H3,(H,41,47)(H,42,49)(H2,43,45,48)/p-2/t34-/m0/s1. The summed E-state index contributed by atoms with van der Waals surface area (Å²) in [6.45, 7) is 4.71. The van der Waals surface area contributed by atoms with E-state index in [2.05, 4.69) is 32.4 Å². The number of carbonyl (C=O) groups is 2.